The van der Waals surface area contributed by atoms with Gasteiger partial charge in [0.25, 0.3) is 0 Å². The molecule has 4 N–H and O–H groups in total. The van der Waals surface area contributed by atoms with Gasteiger partial charge in [0.05, 0.1) is 5.56 Å². The van der Waals surface area contributed by atoms with E-state index in [9.17, 15) is 24.0 Å². The number of benzene rings is 5. The van der Waals surface area contributed by atoms with Crippen molar-refractivity contribution < 1.29 is 47.7 Å². The number of esters is 1. The molecule has 5 aromatic carbocycles. The van der Waals surface area contributed by atoms with Gasteiger partial charge in [0.15, 0.2) is 5.60 Å². The lowest BCUT2D eigenvalue weighted by Gasteiger charge is -2.36. The number of guanidine groups is 1. The fraction of sp³-hybridized carbons (Fsp3) is 0.234. The highest BCUT2D eigenvalue weighted by molar-refractivity contribution is 5.99. The number of para-hydroxylation sites is 1. The fourth-order valence-corrected chi connectivity index (χ4v) is 6.97. The number of amides is 4. The molecule has 0 saturated carbocycles. The molecule has 2 heterocycles. The summed E-state index contributed by atoms with van der Waals surface area (Å²) in [7, 11) is 0. The molecule has 2 unspecified atom stereocenters. The van der Waals surface area contributed by atoms with Crippen molar-refractivity contribution in [1.82, 2.24) is 16.0 Å². The number of nitrogens with zero attached hydrogens (tertiary/aromatic N) is 1. The SMILES string of the molecule is CC(C)(C)OC(=O)NC(CCCN/C(=N/C(=O)OCc1ccccc1)NC(=O)OCc1ccccc1)C(=O)Nc1ccc2c(c1)Oc1ccccc1C21OC(=O)c2ccccc21. The smallest absolute Gasteiger partial charge is 0.437 e. The molecule has 0 radical (unpaired) electrons. The molecule has 0 fully saturated rings. The molecule has 62 heavy (non-hydrogen) atoms. The number of fused-ring (bicyclic) bond motifs is 6. The van der Waals surface area contributed by atoms with E-state index >= 15 is 0 Å². The van der Waals surface area contributed by atoms with Crippen molar-refractivity contribution in [2.45, 2.75) is 64.1 Å². The lowest BCUT2D eigenvalue weighted by Crippen LogP contribution is -2.46. The summed E-state index contributed by atoms with van der Waals surface area (Å²) in [6.45, 7) is 5.11. The van der Waals surface area contributed by atoms with Crippen LogP contribution in [-0.4, -0.2) is 54.3 Å². The maximum Gasteiger partial charge on any atom is 0.437 e. The molecule has 5 aromatic rings. The van der Waals surface area contributed by atoms with Gasteiger partial charge in [-0.1, -0.05) is 97.1 Å². The van der Waals surface area contributed by atoms with E-state index in [0.717, 1.165) is 11.1 Å². The average molecular weight is 840 g/mol. The van der Waals surface area contributed by atoms with Crippen molar-refractivity contribution in [2.24, 2.45) is 4.99 Å². The molecule has 318 valence electrons. The van der Waals surface area contributed by atoms with Gasteiger partial charge in [-0.3, -0.25) is 10.1 Å². The number of alkyl carbamates (subject to hydrolysis) is 2. The highest BCUT2D eigenvalue weighted by atomic mass is 16.6. The third-order valence-corrected chi connectivity index (χ3v) is 9.70. The van der Waals surface area contributed by atoms with Gasteiger partial charge in [-0.15, -0.1) is 4.99 Å². The minimum atomic E-state index is -1.28. The summed E-state index contributed by atoms with van der Waals surface area (Å²) in [6.07, 6.45) is -2.36. The Hall–Kier alpha value is -7.68. The molecule has 15 nitrogen and oxygen atoms in total. The second-order valence-electron chi connectivity index (χ2n) is 15.4. The first-order valence-electron chi connectivity index (χ1n) is 19.9. The molecule has 2 aliphatic heterocycles. The Morgan fingerprint density at radius 3 is 2.06 bits per heavy atom. The van der Waals surface area contributed by atoms with Gasteiger partial charge >= 0.3 is 24.2 Å². The number of carbonyl (C=O) groups is 5. The Labute approximate surface area is 357 Å². The predicted octanol–water partition coefficient (Wildman–Crippen LogP) is 8.08. The zero-order chi connectivity index (χ0) is 43.7. The van der Waals surface area contributed by atoms with E-state index in [0.29, 0.717) is 39.4 Å². The van der Waals surface area contributed by atoms with E-state index < -0.39 is 47.4 Å². The summed E-state index contributed by atoms with van der Waals surface area (Å²) in [5, 5.41) is 10.9. The zero-order valence-corrected chi connectivity index (χ0v) is 34.3. The van der Waals surface area contributed by atoms with Gasteiger partial charge in [0.2, 0.25) is 11.9 Å². The number of ether oxygens (including phenoxy) is 5. The van der Waals surface area contributed by atoms with E-state index in [1.165, 1.54) is 0 Å². The van der Waals surface area contributed by atoms with Crippen molar-refractivity contribution in [3.63, 3.8) is 0 Å². The third-order valence-electron chi connectivity index (χ3n) is 9.70. The third kappa shape index (κ3) is 10.2. The molecule has 0 aromatic heterocycles. The van der Waals surface area contributed by atoms with Gasteiger partial charge in [0, 0.05) is 35.0 Å². The van der Waals surface area contributed by atoms with Crippen LogP contribution in [0.4, 0.5) is 20.1 Å². The number of aliphatic imine (C=N–C) groups is 1. The maximum atomic E-state index is 14.0. The van der Waals surface area contributed by atoms with Crippen LogP contribution in [0.5, 0.6) is 11.5 Å². The van der Waals surface area contributed by atoms with Gasteiger partial charge in [-0.2, -0.15) is 0 Å². The zero-order valence-electron chi connectivity index (χ0n) is 34.3. The number of hydrogen-bond acceptors (Lipinski definition) is 10. The first-order valence-corrected chi connectivity index (χ1v) is 19.9. The van der Waals surface area contributed by atoms with E-state index in [1.54, 1.807) is 93.6 Å². The van der Waals surface area contributed by atoms with Gasteiger partial charge in [0.1, 0.15) is 36.4 Å². The van der Waals surface area contributed by atoms with Crippen LogP contribution in [0.15, 0.2) is 132 Å². The van der Waals surface area contributed by atoms with E-state index in [2.05, 4.69) is 26.3 Å². The number of rotatable bonds is 11. The van der Waals surface area contributed by atoms with Crippen LogP contribution in [-0.2, 0) is 42.6 Å². The van der Waals surface area contributed by atoms with Crippen LogP contribution in [0.25, 0.3) is 0 Å². The topological polar surface area (TPSA) is 192 Å². The summed E-state index contributed by atoms with van der Waals surface area (Å²) >= 11 is 0. The van der Waals surface area contributed by atoms with E-state index in [4.69, 9.17) is 23.7 Å². The minimum Gasteiger partial charge on any atom is -0.456 e. The lowest BCUT2D eigenvalue weighted by molar-refractivity contribution is -0.118. The summed E-state index contributed by atoms with van der Waals surface area (Å²) in [5.41, 5.74) is 2.06. The molecule has 15 heteroatoms. The molecular formula is C47H45N5O10. The second-order valence-corrected chi connectivity index (χ2v) is 15.4. The van der Waals surface area contributed by atoms with E-state index in [-0.39, 0.29) is 38.6 Å². The Kier molecular flexibility index (Phi) is 12.8. The van der Waals surface area contributed by atoms with E-state index in [1.807, 2.05) is 54.6 Å². The summed E-state index contributed by atoms with van der Waals surface area (Å²) in [4.78, 5) is 69.5. The first-order chi connectivity index (χ1) is 29.9. The fourth-order valence-electron chi connectivity index (χ4n) is 6.97. The highest BCUT2D eigenvalue weighted by Gasteiger charge is 2.53. The van der Waals surface area contributed by atoms with Crippen LogP contribution < -0.4 is 26.0 Å². The lowest BCUT2D eigenvalue weighted by atomic mass is 9.77. The second kappa shape index (κ2) is 18.7. The number of carbonyl (C=O) groups excluding carboxylic acids is 5. The Balaban J connectivity index is 1.05. The minimum absolute atomic E-state index is 0.0303. The molecule has 1 spiro atoms. The van der Waals surface area contributed by atoms with Gasteiger partial charge in [-0.05, 0) is 69.0 Å². The normalized spacial score (nSPS) is 15.3. The first kappa shape index (κ1) is 42.4. The number of hydrogen-bond donors (Lipinski definition) is 4. The van der Waals surface area contributed by atoms with Crippen LogP contribution in [0, 0.1) is 0 Å². The van der Waals surface area contributed by atoms with Crippen LogP contribution in [0.3, 0.4) is 0 Å². The molecule has 0 aliphatic carbocycles. The van der Waals surface area contributed by atoms with Crippen molar-refractivity contribution in [3.8, 4) is 11.5 Å². The standard InChI is InChI=1S/C47H45N5O10/c1-46(2,3)62-45(57)50-37(22-14-26-48-42(51-43(55)58-28-30-15-6-4-7-16-30)52-44(56)59-29-31-17-8-5-9-18-31)40(53)49-32-24-25-36-39(27-32)60-38-23-13-12-21-35(38)47(36)34-20-11-10-19-33(34)41(54)61-47/h4-13,15-21,23-25,27,37H,14,22,26,28-29H2,1-3H3,(H,49,53)(H,50,57)(H2,48,51,52,55,56). The van der Waals surface area contributed by atoms with Crippen LogP contribution >= 0.6 is 0 Å². The van der Waals surface area contributed by atoms with Gasteiger partial charge < -0.3 is 39.6 Å². The van der Waals surface area contributed by atoms with Crippen molar-refractivity contribution in [1.29, 1.82) is 0 Å². The highest BCUT2D eigenvalue weighted by Crippen LogP contribution is 2.56. The molecule has 2 atom stereocenters. The van der Waals surface area contributed by atoms with Crippen molar-refractivity contribution in [2.75, 3.05) is 11.9 Å². The predicted molar refractivity (Wildman–Crippen MR) is 228 cm³/mol. The summed E-state index contributed by atoms with van der Waals surface area (Å²) < 4.78 is 28.6. The van der Waals surface area contributed by atoms with Crippen LogP contribution in [0.2, 0.25) is 0 Å². The molecule has 0 bridgehead atoms. The Bertz CT molecular complexity index is 2490. The molecular weight excluding hydrogens is 795 g/mol. The van der Waals surface area contributed by atoms with Crippen molar-refractivity contribution in [3.05, 3.63) is 161 Å². The molecule has 0 saturated heterocycles. The Morgan fingerprint density at radius 2 is 1.35 bits per heavy atom. The average Bonchev–Trinajstić information content (AvgIpc) is 3.55. The molecule has 7 rings (SSSR count). The maximum absolute atomic E-state index is 14.0. The number of nitrogens with one attached hydrogen (secondary N) is 4. The quantitative estimate of drug-likeness (QED) is 0.0331. The van der Waals surface area contributed by atoms with Crippen molar-refractivity contribution >= 4 is 41.8 Å². The largest absolute Gasteiger partial charge is 0.456 e. The summed E-state index contributed by atoms with van der Waals surface area (Å²) in [6, 6.07) is 36.5. The van der Waals surface area contributed by atoms with Gasteiger partial charge in [-0.25, -0.2) is 19.2 Å². The summed E-state index contributed by atoms with van der Waals surface area (Å²) in [5.74, 6) is -0.440. The molecule has 2 aliphatic rings. The monoisotopic (exact) mass is 839 g/mol. The molecule has 4 amide bonds. The van der Waals surface area contributed by atoms with Crippen LogP contribution in [0.1, 0.15) is 71.8 Å². The Morgan fingerprint density at radius 1 is 0.726 bits per heavy atom. The number of anilines is 1.